The van der Waals surface area contributed by atoms with Gasteiger partial charge in [-0.05, 0) is 47.0 Å². The van der Waals surface area contributed by atoms with Crippen molar-refractivity contribution in [3.05, 3.63) is 0 Å². The van der Waals surface area contributed by atoms with Gasteiger partial charge in [0.15, 0.2) is 0 Å². The zero-order valence-electron chi connectivity index (χ0n) is 12.5. The van der Waals surface area contributed by atoms with E-state index < -0.39 is 5.60 Å². The summed E-state index contributed by atoms with van der Waals surface area (Å²) in [5.74, 6) is 0.144. The van der Waals surface area contributed by atoms with Crippen LogP contribution in [0.5, 0.6) is 0 Å². The van der Waals surface area contributed by atoms with Gasteiger partial charge in [0.05, 0.1) is 22.9 Å². The molecule has 0 aromatic rings. The molecule has 1 saturated carbocycles. The van der Waals surface area contributed by atoms with Crippen LogP contribution in [0.1, 0.15) is 59.8 Å². The molecule has 2 fully saturated rings. The van der Waals surface area contributed by atoms with Crippen LogP contribution in [0, 0.1) is 5.92 Å². The number of methoxy groups -OCH3 is 1. The predicted molar refractivity (Wildman–Crippen MR) is 71.6 cm³/mol. The minimum atomic E-state index is -0.732. The third-order valence-corrected chi connectivity index (χ3v) is 4.81. The highest BCUT2D eigenvalue weighted by atomic mass is 16.5. The first kappa shape index (κ1) is 14.3. The summed E-state index contributed by atoms with van der Waals surface area (Å²) in [5.41, 5.74) is -1.17. The van der Waals surface area contributed by atoms with Gasteiger partial charge in [-0.3, -0.25) is 0 Å². The molecule has 1 aliphatic heterocycles. The van der Waals surface area contributed by atoms with Crippen LogP contribution in [0.3, 0.4) is 0 Å². The summed E-state index contributed by atoms with van der Waals surface area (Å²) in [7, 11) is 1.72. The SMILES string of the molecule is COC1CCCCC1(O)C1CC(C)(C)OC1(C)C. The Morgan fingerprint density at radius 2 is 1.83 bits per heavy atom. The van der Waals surface area contributed by atoms with E-state index in [2.05, 4.69) is 27.7 Å². The van der Waals surface area contributed by atoms with Crippen molar-refractivity contribution in [1.29, 1.82) is 0 Å². The summed E-state index contributed by atoms with van der Waals surface area (Å²) >= 11 is 0. The largest absolute Gasteiger partial charge is 0.387 e. The zero-order valence-corrected chi connectivity index (χ0v) is 12.5. The fourth-order valence-corrected chi connectivity index (χ4v) is 4.21. The molecule has 0 amide bonds. The molecular formula is C15H28O3. The van der Waals surface area contributed by atoms with Crippen molar-refractivity contribution < 1.29 is 14.6 Å². The summed E-state index contributed by atoms with van der Waals surface area (Å²) in [6.45, 7) is 8.43. The molecule has 106 valence electrons. The molecule has 2 aliphatic rings. The van der Waals surface area contributed by atoms with Crippen molar-refractivity contribution in [3.8, 4) is 0 Å². The Morgan fingerprint density at radius 1 is 1.17 bits per heavy atom. The molecule has 3 nitrogen and oxygen atoms in total. The number of aliphatic hydroxyl groups is 1. The van der Waals surface area contributed by atoms with Crippen molar-refractivity contribution in [1.82, 2.24) is 0 Å². The summed E-state index contributed by atoms with van der Waals surface area (Å²) in [4.78, 5) is 0. The van der Waals surface area contributed by atoms with Gasteiger partial charge in [0.25, 0.3) is 0 Å². The molecule has 0 aromatic heterocycles. The van der Waals surface area contributed by atoms with Crippen molar-refractivity contribution in [3.63, 3.8) is 0 Å². The van der Waals surface area contributed by atoms with Crippen LogP contribution in [0.4, 0.5) is 0 Å². The van der Waals surface area contributed by atoms with Crippen LogP contribution in [0.25, 0.3) is 0 Å². The minimum Gasteiger partial charge on any atom is -0.387 e. The highest BCUT2D eigenvalue weighted by molar-refractivity contribution is 5.07. The fraction of sp³-hybridized carbons (Fsp3) is 1.00. The standard InChI is InChI=1S/C15H28O3/c1-13(2)10-11(14(3,4)18-13)15(16)9-7-6-8-12(15)17-5/h11-12,16H,6-10H2,1-5H3. The lowest BCUT2D eigenvalue weighted by Gasteiger charge is -2.46. The Hall–Kier alpha value is -0.120. The van der Waals surface area contributed by atoms with Crippen LogP contribution in [0.2, 0.25) is 0 Å². The Morgan fingerprint density at radius 3 is 2.33 bits per heavy atom. The van der Waals surface area contributed by atoms with E-state index in [4.69, 9.17) is 9.47 Å². The number of ether oxygens (including phenoxy) is 2. The van der Waals surface area contributed by atoms with Crippen LogP contribution in [-0.2, 0) is 9.47 Å². The van der Waals surface area contributed by atoms with Gasteiger partial charge in [0.1, 0.15) is 0 Å². The van der Waals surface area contributed by atoms with Crippen LogP contribution < -0.4 is 0 Å². The first-order valence-electron chi connectivity index (χ1n) is 7.17. The van der Waals surface area contributed by atoms with E-state index in [-0.39, 0.29) is 23.2 Å². The molecule has 3 atom stereocenters. The Bertz CT molecular complexity index is 311. The van der Waals surface area contributed by atoms with Crippen molar-refractivity contribution >= 4 is 0 Å². The molecule has 1 aliphatic carbocycles. The molecule has 0 spiro atoms. The van der Waals surface area contributed by atoms with E-state index in [0.29, 0.717) is 0 Å². The smallest absolute Gasteiger partial charge is 0.0964 e. The van der Waals surface area contributed by atoms with Gasteiger partial charge in [0.2, 0.25) is 0 Å². The van der Waals surface area contributed by atoms with Crippen molar-refractivity contribution in [2.75, 3.05) is 7.11 Å². The highest BCUT2D eigenvalue weighted by Gasteiger charge is 2.58. The maximum atomic E-state index is 11.2. The molecule has 0 aromatic carbocycles. The molecular weight excluding hydrogens is 228 g/mol. The lowest BCUT2D eigenvalue weighted by Crippen LogP contribution is -2.56. The lowest BCUT2D eigenvalue weighted by molar-refractivity contribution is -0.178. The summed E-state index contributed by atoms with van der Waals surface area (Å²) in [6.07, 6.45) is 4.88. The van der Waals surface area contributed by atoms with Gasteiger partial charge < -0.3 is 14.6 Å². The molecule has 18 heavy (non-hydrogen) atoms. The second-order valence-electron chi connectivity index (χ2n) is 7.18. The number of hydrogen-bond acceptors (Lipinski definition) is 3. The second-order valence-corrected chi connectivity index (χ2v) is 7.18. The predicted octanol–water partition coefficient (Wildman–Crippen LogP) is 2.90. The quantitative estimate of drug-likeness (QED) is 0.825. The summed E-state index contributed by atoms with van der Waals surface area (Å²) < 4.78 is 11.7. The lowest BCUT2D eigenvalue weighted by atomic mass is 9.66. The number of hydrogen-bond donors (Lipinski definition) is 1. The van der Waals surface area contributed by atoms with E-state index in [9.17, 15) is 5.11 Å². The van der Waals surface area contributed by atoms with Crippen LogP contribution in [-0.4, -0.2) is 35.1 Å². The van der Waals surface area contributed by atoms with E-state index in [1.54, 1.807) is 7.11 Å². The number of rotatable bonds is 2. The molecule has 1 N–H and O–H groups in total. The average Bonchev–Trinajstić information content (AvgIpc) is 2.48. The van der Waals surface area contributed by atoms with Crippen molar-refractivity contribution in [2.24, 2.45) is 5.92 Å². The van der Waals surface area contributed by atoms with Crippen molar-refractivity contribution in [2.45, 2.75) is 82.7 Å². The Kier molecular flexibility index (Phi) is 3.54. The zero-order chi connectivity index (χ0) is 13.6. The van der Waals surface area contributed by atoms with E-state index >= 15 is 0 Å². The topological polar surface area (TPSA) is 38.7 Å². The van der Waals surface area contributed by atoms with E-state index in [0.717, 1.165) is 32.1 Å². The minimum absolute atomic E-state index is 0.0481. The normalized spacial score (nSPS) is 43.0. The summed E-state index contributed by atoms with van der Waals surface area (Å²) in [6, 6.07) is 0. The van der Waals surface area contributed by atoms with Gasteiger partial charge in [-0.1, -0.05) is 12.8 Å². The maximum Gasteiger partial charge on any atom is 0.0964 e. The highest BCUT2D eigenvalue weighted by Crippen LogP contribution is 2.51. The average molecular weight is 256 g/mol. The van der Waals surface area contributed by atoms with Gasteiger partial charge in [-0.15, -0.1) is 0 Å². The Balaban J connectivity index is 2.28. The van der Waals surface area contributed by atoms with Gasteiger partial charge in [-0.25, -0.2) is 0 Å². The summed E-state index contributed by atoms with van der Waals surface area (Å²) in [5, 5.41) is 11.2. The third kappa shape index (κ3) is 2.33. The molecule has 1 heterocycles. The molecule has 0 bridgehead atoms. The maximum absolute atomic E-state index is 11.2. The molecule has 1 saturated heterocycles. The van der Waals surface area contributed by atoms with Crippen LogP contribution in [0.15, 0.2) is 0 Å². The van der Waals surface area contributed by atoms with Gasteiger partial charge in [0, 0.05) is 13.0 Å². The van der Waals surface area contributed by atoms with Crippen LogP contribution >= 0.6 is 0 Å². The fourth-order valence-electron chi connectivity index (χ4n) is 4.21. The van der Waals surface area contributed by atoms with Gasteiger partial charge in [-0.2, -0.15) is 0 Å². The van der Waals surface area contributed by atoms with E-state index in [1.165, 1.54) is 0 Å². The first-order valence-corrected chi connectivity index (χ1v) is 7.17. The molecule has 0 radical (unpaired) electrons. The molecule has 3 heteroatoms. The molecule has 2 rings (SSSR count). The first-order chi connectivity index (χ1) is 8.21. The second kappa shape index (κ2) is 4.46. The van der Waals surface area contributed by atoms with Gasteiger partial charge >= 0.3 is 0 Å². The van der Waals surface area contributed by atoms with E-state index in [1.807, 2.05) is 0 Å². The molecule has 3 unspecified atom stereocenters. The third-order valence-electron chi connectivity index (χ3n) is 4.81. The Labute approximate surface area is 111 Å². The monoisotopic (exact) mass is 256 g/mol.